The molecule has 0 fully saturated rings. The number of nitrogens with one attached hydrogen (secondary N) is 1. The second kappa shape index (κ2) is 5.35. The van der Waals surface area contributed by atoms with Crippen LogP contribution in [0.3, 0.4) is 0 Å². The summed E-state index contributed by atoms with van der Waals surface area (Å²) in [6.07, 6.45) is 0. The Balaban J connectivity index is 3.20. The van der Waals surface area contributed by atoms with Gasteiger partial charge in [0.15, 0.2) is 0 Å². The number of benzene rings is 1. The highest BCUT2D eigenvalue weighted by Gasteiger charge is 2.14. The van der Waals surface area contributed by atoms with E-state index in [4.69, 9.17) is 10.8 Å². The van der Waals surface area contributed by atoms with Crippen LogP contribution in [0.2, 0.25) is 0 Å². The quantitative estimate of drug-likeness (QED) is 0.626. The van der Waals surface area contributed by atoms with Crippen molar-refractivity contribution < 1.29 is 13.5 Å². The number of anilines is 2. The van der Waals surface area contributed by atoms with E-state index in [1.165, 1.54) is 25.2 Å². The van der Waals surface area contributed by atoms with Crippen LogP contribution in [0.25, 0.3) is 0 Å². The van der Waals surface area contributed by atoms with E-state index in [9.17, 15) is 8.42 Å². The molecule has 0 heterocycles. The largest absolute Gasteiger partial charge is 0.397 e. The summed E-state index contributed by atoms with van der Waals surface area (Å²) in [5.74, 6) is 0. The van der Waals surface area contributed by atoms with Crippen molar-refractivity contribution in [3.05, 3.63) is 18.2 Å². The lowest BCUT2D eigenvalue weighted by Gasteiger charge is -2.20. The summed E-state index contributed by atoms with van der Waals surface area (Å²) in [4.78, 5) is 1.85. The molecule has 1 rings (SSSR count). The van der Waals surface area contributed by atoms with Gasteiger partial charge in [-0.25, -0.2) is 13.1 Å². The molecule has 1 aromatic carbocycles. The molecule has 0 amide bonds. The minimum atomic E-state index is -3.48. The van der Waals surface area contributed by atoms with Crippen LogP contribution >= 0.6 is 0 Å². The molecule has 1 aromatic rings. The molecule has 4 N–H and O–H groups in total. The van der Waals surface area contributed by atoms with Crippen molar-refractivity contribution in [1.29, 1.82) is 0 Å². The Morgan fingerprint density at radius 2 is 2.12 bits per heavy atom. The van der Waals surface area contributed by atoms with Gasteiger partial charge in [-0.2, -0.15) is 0 Å². The number of hydrogen-bond acceptors (Lipinski definition) is 5. The van der Waals surface area contributed by atoms with Crippen LogP contribution in [0.15, 0.2) is 23.1 Å². The fourth-order valence-corrected chi connectivity index (χ4v) is 2.16. The van der Waals surface area contributed by atoms with Crippen molar-refractivity contribution in [2.75, 3.05) is 37.9 Å². The number of sulfonamides is 1. The Morgan fingerprint density at radius 3 is 2.65 bits per heavy atom. The zero-order valence-electron chi connectivity index (χ0n) is 9.84. The molecule has 6 nitrogen and oxygen atoms in total. The van der Waals surface area contributed by atoms with Gasteiger partial charge < -0.3 is 15.7 Å². The first-order valence-electron chi connectivity index (χ1n) is 5.07. The van der Waals surface area contributed by atoms with Crippen LogP contribution in [0.5, 0.6) is 0 Å². The highest BCUT2D eigenvalue weighted by atomic mass is 32.2. The number of rotatable bonds is 5. The summed E-state index contributed by atoms with van der Waals surface area (Å²) in [5.41, 5.74) is 6.81. The first-order valence-corrected chi connectivity index (χ1v) is 6.55. The molecule has 0 aliphatic carbocycles. The number of nitrogens with two attached hydrogens (primary N) is 1. The number of likely N-dealkylation sites (N-methyl/N-ethyl adjacent to an activating group) is 1. The first kappa shape index (κ1) is 13.8. The van der Waals surface area contributed by atoms with Gasteiger partial charge in [-0.05, 0) is 25.2 Å². The first-order chi connectivity index (χ1) is 7.92. The molecule has 0 spiro atoms. The maximum Gasteiger partial charge on any atom is 0.240 e. The SMILES string of the molecule is CNS(=O)(=O)c1ccc(N)c(N(C)CCO)c1. The minimum Gasteiger partial charge on any atom is -0.397 e. The molecule has 7 heteroatoms. The summed E-state index contributed by atoms with van der Waals surface area (Å²) < 4.78 is 25.5. The average Bonchev–Trinajstić information content (AvgIpc) is 2.29. The highest BCUT2D eigenvalue weighted by molar-refractivity contribution is 7.89. The molecule has 17 heavy (non-hydrogen) atoms. The summed E-state index contributed by atoms with van der Waals surface area (Å²) in [6, 6.07) is 4.46. The molecule has 0 aromatic heterocycles. The number of aliphatic hydroxyl groups excluding tert-OH is 1. The monoisotopic (exact) mass is 259 g/mol. The van der Waals surface area contributed by atoms with Crippen molar-refractivity contribution in [3.63, 3.8) is 0 Å². The lowest BCUT2D eigenvalue weighted by molar-refractivity contribution is 0.304. The Morgan fingerprint density at radius 1 is 1.47 bits per heavy atom. The second-order valence-electron chi connectivity index (χ2n) is 3.57. The van der Waals surface area contributed by atoms with Crippen molar-refractivity contribution in [3.8, 4) is 0 Å². The predicted molar refractivity (Wildman–Crippen MR) is 67.5 cm³/mol. The molecular formula is C10H17N3O3S. The van der Waals surface area contributed by atoms with Crippen LogP contribution in [-0.4, -0.2) is 40.8 Å². The molecule has 0 saturated carbocycles. The van der Waals surface area contributed by atoms with Crippen molar-refractivity contribution in [2.24, 2.45) is 0 Å². The van der Waals surface area contributed by atoms with Gasteiger partial charge >= 0.3 is 0 Å². The molecule has 0 atom stereocenters. The third-order valence-electron chi connectivity index (χ3n) is 2.43. The smallest absolute Gasteiger partial charge is 0.240 e. The van der Waals surface area contributed by atoms with Crippen molar-refractivity contribution in [2.45, 2.75) is 4.90 Å². The number of hydrogen-bond donors (Lipinski definition) is 3. The van der Waals surface area contributed by atoms with Gasteiger partial charge in [0.25, 0.3) is 0 Å². The van der Waals surface area contributed by atoms with Crippen molar-refractivity contribution in [1.82, 2.24) is 4.72 Å². The van der Waals surface area contributed by atoms with Crippen LogP contribution < -0.4 is 15.4 Å². The van der Waals surface area contributed by atoms with E-state index < -0.39 is 10.0 Å². The standard InChI is InChI=1S/C10H17N3O3S/c1-12-17(15,16)8-3-4-9(11)10(7-8)13(2)5-6-14/h3-4,7,12,14H,5-6,11H2,1-2H3. The van der Waals surface area contributed by atoms with Gasteiger partial charge in [0.05, 0.1) is 22.9 Å². The molecular weight excluding hydrogens is 242 g/mol. The normalized spacial score (nSPS) is 11.5. The van der Waals surface area contributed by atoms with Crippen LogP contribution in [0.1, 0.15) is 0 Å². The summed E-state index contributed by atoms with van der Waals surface area (Å²) in [5, 5.41) is 8.85. The van der Waals surface area contributed by atoms with E-state index in [2.05, 4.69) is 4.72 Å². The Hall–Kier alpha value is -1.31. The zero-order chi connectivity index (χ0) is 13.1. The topological polar surface area (TPSA) is 95.7 Å². The summed E-state index contributed by atoms with van der Waals surface area (Å²) in [7, 11) is -0.397. The van der Waals surface area contributed by atoms with Gasteiger partial charge in [-0.1, -0.05) is 0 Å². The summed E-state index contributed by atoms with van der Waals surface area (Å²) >= 11 is 0. The van der Waals surface area contributed by atoms with Crippen LogP contribution in [-0.2, 0) is 10.0 Å². The van der Waals surface area contributed by atoms with Gasteiger partial charge in [0, 0.05) is 13.6 Å². The molecule has 0 bridgehead atoms. The van der Waals surface area contributed by atoms with Crippen molar-refractivity contribution >= 4 is 21.4 Å². The lowest BCUT2D eigenvalue weighted by atomic mass is 10.2. The average molecular weight is 259 g/mol. The van der Waals surface area contributed by atoms with Gasteiger partial charge in [0.1, 0.15) is 0 Å². The highest BCUT2D eigenvalue weighted by Crippen LogP contribution is 2.25. The molecule has 96 valence electrons. The number of nitrogen functional groups attached to an aromatic ring is 1. The van der Waals surface area contributed by atoms with E-state index in [-0.39, 0.29) is 11.5 Å². The van der Waals surface area contributed by atoms with Gasteiger partial charge in [-0.3, -0.25) is 0 Å². The molecule has 0 unspecified atom stereocenters. The Bertz CT molecular complexity index is 488. The molecule has 0 aliphatic heterocycles. The van der Waals surface area contributed by atoms with Gasteiger partial charge in [-0.15, -0.1) is 0 Å². The van der Waals surface area contributed by atoms with E-state index in [0.717, 1.165) is 0 Å². The second-order valence-corrected chi connectivity index (χ2v) is 5.46. The number of aliphatic hydroxyl groups is 1. The summed E-state index contributed by atoms with van der Waals surface area (Å²) in [6.45, 7) is 0.353. The van der Waals surface area contributed by atoms with Gasteiger partial charge in [0.2, 0.25) is 10.0 Å². The maximum atomic E-state index is 11.6. The lowest BCUT2D eigenvalue weighted by Crippen LogP contribution is -2.23. The van der Waals surface area contributed by atoms with E-state index in [1.54, 1.807) is 11.9 Å². The maximum absolute atomic E-state index is 11.6. The molecule has 0 saturated heterocycles. The minimum absolute atomic E-state index is 0.0288. The molecule has 0 aliphatic rings. The zero-order valence-corrected chi connectivity index (χ0v) is 10.7. The van der Waals surface area contributed by atoms with E-state index >= 15 is 0 Å². The van der Waals surface area contributed by atoms with Crippen LogP contribution in [0.4, 0.5) is 11.4 Å². The van der Waals surface area contributed by atoms with E-state index in [1.807, 2.05) is 0 Å². The van der Waals surface area contributed by atoms with E-state index in [0.29, 0.717) is 17.9 Å². The predicted octanol–water partition coefficient (Wildman–Crippen LogP) is -0.395. The Labute approximate surface area is 101 Å². The number of nitrogens with zero attached hydrogens (tertiary/aromatic N) is 1. The Kier molecular flexibility index (Phi) is 4.33. The third kappa shape index (κ3) is 3.09. The fraction of sp³-hybridized carbons (Fsp3) is 0.400. The third-order valence-corrected chi connectivity index (χ3v) is 3.84. The van der Waals surface area contributed by atoms with Crippen LogP contribution in [0, 0.1) is 0 Å². The molecule has 0 radical (unpaired) electrons. The fourth-order valence-electron chi connectivity index (χ4n) is 1.41.